The number of carbonyl (C=O) groups excluding carboxylic acids is 2. The summed E-state index contributed by atoms with van der Waals surface area (Å²) in [6.45, 7) is 10.5. The molecule has 58 heavy (non-hydrogen) atoms. The van der Waals surface area contributed by atoms with Gasteiger partial charge in [0.15, 0.2) is 0 Å². The number of nitrogens with zero attached hydrogens (tertiary/aromatic N) is 6. The van der Waals surface area contributed by atoms with Gasteiger partial charge in [-0.05, 0) is 42.0 Å². The van der Waals surface area contributed by atoms with Crippen molar-refractivity contribution in [3.05, 3.63) is 119 Å². The maximum absolute atomic E-state index is 13.6. The van der Waals surface area contributed by atoms with E-state index in [0.29, 0.717) is 77.8 Å². The summed E-state index contributed by atoms with van der Waals surface area (Å²) in [5, 5.41) is 15.3. The predicted molar refractivity (Wildman–Crippen MR) is 222 cm³/mol. The summed E-state index contributed by atoms with van der Waals surface area (Å²) in [6.07, 6.45) is 9.36. The minimum atomic E-state index is -0.454. The molecule has 0 bridgehead atoms. The molecule has 0 aliphatic carbocycles. The molecule has 3 aromatic heterocycles. The van der Waals surface area contributed by atoms with Crippen molar-refractivity contribution in [3.8, 4) is 35.5 Å². The molecule has 7 rings (SSSR count). The molecule has 296 valence electrons. The molecule has 0 radical (unpaired) electrons. The van der Waals surface area contributed by atoms with Crippen LogP contribution in [-0.4, -0.2) is 88.1 Å². The van der Waals surface area contributed by atoms with Crippen LogP contribution < -0.4 is 25.4 Å². The van der Waals surface area contributed by atoms with Gasteiger partial charge in [0.05, 0.1) is 43.6 Å². The number of urea groups is 1. The van der Waals surface area contributed by atoms with Gasteiger partial charge >= 0.3 is 6.03 Å². The van der Waals surface area contributed by atoms with Gasteiger partial charge in [-0.25, -0.2) is 19.4 Å². The first-order chi connectivity index (χ1) is 28.1. The molecule has 0 atom stereocenters. The third-order valence-corrected chi connectivity index (χ3v) is 9.52. The van der Waals surface area contributed by atoms with Crippen LogP contribution in [0, 0.1) is 12.3 Å². The van der Waals surface area contributed by atoms with Crippen LogP contribution >= 0.6 is 0 Å². The fourth-order valence-electron chi connectivity index (χ4n) is 6.47. The maximum Gasteiger partial charge on any atom is 0.324 e. The second-order valence-corrected chi connectivity index (χ2v) is 14.7. The molecular formula is C44H45N9O5. The number of hydrogen-bond acceptors (Lipinski definition) is 10. The largest absolute Gasteiger partial charge is 0.481 e. The number of nitrogens with one attached hydrogen (secondary N) is 3. The van der Waals surface area contributed by atoms with E-state index in [-0.39, 0.29) is 11.3 Å². The summed E-state index contributed by atoms with van der Waals surface area (Å²) in [6, 6.07) is 23.2. The number of terminal acetylenes is 1. The third-order valence-electron chi connectivity index (χ3n) is 9.52. The van der Waals surface area contributed by atoms with E-state index in [4.69, 9.17) is 25.7 Å². The van der Waals surface area contributed by atoms with Gasteiger partial charge in [-0.2, -0.15) is 10.1 Å². The summed E-state index contributed by atoms with van der Waals surface area (Å²) in [7, 11) is 1.55. The van der Waals surface area contributed by atoms with Crippen LogP contribution in [0.5, 0.6) is 17.5 Å². The van der Waals surface area contributed by atoms with E-state index in [0.717, 1.165) is 41.7 Å². The number of hydrogen-bond donors (Lipinski definition) is 3. The second kappa shape index (κ2) is 17.5. The van der Waals surface area contributed by atoms with Gasteiger partial charge < -0.3 is 24.8 Å². The smallest absolute Gasteiger partial charge is 0.324 e. The lowest BCUT2D eigenvalue weighted by Gasteiger charge is -2.26. The first-order valence-electron chi connectivity index (χ1n) is 19.0. The lowest BCUT2D eigenvalue weighted by molar-refractivity contribution is 0.0383. The Kier molecular flexibility index (Phi) is 11.9. The van der Waals surface area contributed by atoms with Crippen LogP contribution in [0.1, 0.15) is 53.8 Å². The van der Waals surface area contributed by atoms with Gasteiger partial charge in [0.2, 0.25) is 11.8 Å². The molecule has 1 aliphatic heterocycles. The number of anilines is 2. The van der Waals surface area contributed by atoms with Gasteiger partial charge in [0.1, 0.15) is 17.4 Å². The molecule has 0 saturated carbocycles. The molecule has 1 fully saturated rings. The summed E-state index contributed by atoms with van der Waals surface area (Å²) in [4.78, 5) is 42.4. The van der Waals surface area contributed by atoms with Crippen molar-refractivity contribution < 1.29 is 23.8 Å². The predicted octanol–water partition coefficient (Wildman–Crippen LogP) is 6.59. The van der Waals surface area contributed by atoms with Crippen molar-refractivity contribution in [1.29, 1.82) is 0 Å². The van der Waals surface area contributed by atoms with E-state index in [9.17, 15) is 9.59 Å². The number of fused-ring (bicyclic) bond motifs is 1. The fraction of sp³-hybridized carbons (Fsp3) is 0.273. The van der Waals surface area contributed by atoms with E-state index in [1.165, 1.54) is 0 Å². The molecule has 1 saturated heterocycles. The Hall–Kier alpha value is -6.82. The highest BCUT2D eigenvalue weighted by Gasteiger charge is 2.22. The molecule has 4 heterocycles. The number of aromatic nitrogens is 5. The molecule has 3 amide bonds. The summed E-state index contributed by atoms with van der Waals surface area (Å²) in [5.41, 5.74) is 3.62. The summed E-state index contributed by atoms with van der Waals surface area (Å²) < 4.78 is 18.6. The van der Waals surface area contributed by atoms with Gasteiger partial charge in [0.25, 0.3) is 5.91 Å². The van der Waals surface area contributed by atoms with Gasteiger partial charge in [-0.1, -0.05) is 51.0 Å². The topological polar surface area (TPSA) is 158 Å². The third kappa shape index (κ3) is 9.58. The normalized spacial score (nSPS) is 13.1. The Labute approximate surface area is 337 Å². The average molecular weight is 780 g/mol. The zero-order valence-corrected chi connectivity index (χ0v) is 32.9. The molecule has 14 nitrogen and oxygen atoms in total. The van der Waals surface area contributed by atoms with Gasteiger partial charge in [-0.15, -0.1) is 6.42 Å². The van der Waals surface area contributed by atoms with Crippen LogP contribution in [-0.2, 0) is 16.6 Å². The molecule has 3 N–H and O–H groups in total. The zero-order valence-electron chi connectivity index (χ0n) is 32.9. The van der Waals surface area contributed by atoms with E-state index in [2.05, 4.69) is 62.5 Å². The van der Waals surface area contributed by atoms with Crippen LogP contribution in [0.4, 0.5) is 16.3 Å². The number of benzene rings is 3. The zero-order chi connectivity index (χ0) is 40.6. The van der Waals surface area contributed by atoms with Crippen molar-refractivity contribution in [2.75, 3.05) is 57.1 Å². The molecule has 14 heteroatoms. The van der Waals surface area contributed by atoms with Crippen molar-refractivity contribution in [2.24, 2.45) is 0 Å². The van der Waals surface area contributed by atoms with Gasteiger partial charge in [0, 0.05) is 84.3 Å². The SMILES string of the molecule is C#Cc1cc(Cc2nccc(Oc3ccc(NC(=O)Nc4cc(C(C)(C)C)nn4-c4ccc(OC)nc4)c4ccccc34)n2)cc(C(=O)NCCN2CCOCC2)c1. The molecule has 0 spiro atoms. The number of pyridine rings is 1. The van der Waals surface area contributed by atoms with Crippen LogP contribution in [0.2, 0.25) is 0 Å². The molecule has 1 aliphatic rings. The molecule has 6 aromatic rings. The van der Waals surface area contributed by atoms with E-state index < -0.39 is 6.03 Å². The Bertz CT molecular complexity index is 2460. The number of methoxy groups -OCH3 is 1. The number of rotatable bonds is 12. The lowest BCUT2D eigenvalue weighted by atomic mass is 9.92. The minimum absolute atomic E-state index is 0.195. The lowest BCUT2D eigenvalue weighted by Crippen LogP contribution is -2.41. The molecule has 3 aromatic carbocycles. The maximum atomic E-state index is 13.6. The van der Waals surface area contributed by atoms with Crippen molar-refractivity contribution in [2.45, 2.75) is 32.6 Å². The first kappa shape index (κ1) is 39.4. The Balaban J connectivity index is 1.05. The van der Waals surface area contributed by atoms with E-state index >= 15 is 0 Å². The van der Waals surface area contributed by atoms with Crippen LogP contribution in [0.25, 0.3) is 16.5 Å². The monoisotopic (exact) mass is 779 g/mol. The van der Waals surface area contributed by atoms with E-state index in [1.807, 2.05) is 48.5 Å². The Morgan fingerprint density at radius 3 is 2.48 bits per heavy atom. The minimum Gasteiger partial charge on any atom is -0.481 e. The Morgan fingerprint density at radius 2 is 1.74 bits per heavy atom. The molecular weight excluding hydrogens is 735 g/mol. The highest BCUT2D eigenvalue weighted by atomic mass is 16.5. The standard InChI is InChI=1S/C44H45N9O5/c1-6-29-23-30(25-31(24-29)42(54)46-17-18-52-19-21-57-22-20-52)26-38-45-16-15-41(49-38)58-36-13-12-35(33-9-7-8-10-34(33)36)48-43(55)50-39-27-37(44(2,3)4)51-53(39)32-11-14-40(56-5)47-28-32/h1,7-16,23-25,27-28H,17-22,26H2,2-5H3,(H,46,54)(H2,48,50,55). The highest BCUT2D eigenvalue weighted by molar-refractivity contribution is 6.07. The number of ether oxygens (including phenoxy) is 3. The van der Waals surface area contributed by atoms with Crippen molar-refractivity contribution in [3.63, 3.8) is 0 Å². The first-order valence-corrected chi connectivity index (χ1v) is 19.0. The number of amides is 3. The second-order valence-electron chi connectivity index (χ2n) is 14.7. The highest BCUT2D eigenvalue weighted by Crippen LogP contribution is 2.34. The van der Waals surface area contributed by atoms with Gasteiger partial charge in [-0.3, -0.25) is 15.0 Å². The van der Waals surface area contributed by atoms with Crippen LogP contribution in [0.3, 0.4) is 0 Å². The van der Waals surface area contributed by atoms with Crippen molar-refractivity contribution in [1.82, 2.24) is 34.9 Å². The fourth-order valence-corrected chi connectivity index (χ4v) is 6.47. The number of carbonyl (C=O) groups is 2. The quantitative estimate of drug-likeness (QED) is 0.116. The summed E-state index contributed by atoms with van der Waals surface area (Å²) >= 11 is 0. The Morgan fingerprint density at radius 1 is 0.931 bits per heavy atom. The number of morpholine rings is 1. The van der Waals surface area contributed by atoms with Crippen molar-refractivity contribution >= 4 is 34.2 Å². The van der Waals surface area contributed by atoms with Crippen LogP contribution in [0.15, 0.2) is 91.3 Å². The summed E-state index contributed by atoms with van der Waals surface area (Å²) in [5.74, 6) is 4.77. The average Bonchev–Trinajstić information content (AvgIpc) is 3.66. The molecule has 0 unspecified atom stereocenters. The van der Waals surface area contributed by atoms with E-state index in [1.54, 1.807) is 54.5 Å².